The van der Waals surface area contributed by atoms with Crippen LogP contribution in [0.25, 0.3) is 5.69 Å². The van der Waals surface area contributed by atoms with Crippen LogP contribution in [0.15, 0.2) is 54.9 Å². The number of hydrogen-bond acceptors (Lipinski definition) is 5. The summed E-state index contributed by atoms with van der Waals surface area (Å²) in [6.45, 7) is 2.51. The number of aromatic nitrogens is 2. The third kappa shape index (κ3) is 4.49. The van der Waals surface area contributed by atoms with Gasteiger partial charge in [0.05, 0.1) is 32.1 Å². The number of hydrogen-bond donors (Lipinski definition) is 0. The average Bonchev–Trinajstić information content (AvgIpc) is 3.24. The molecule has 0 bridgehead atoms. The van der Waals surface area contributed by atoms with Crippen molar-refractivity contribution in [2.75, 3.05) is 20.8 Å². The van der Waals surface area contributed by atoms with Gasteiger partial charge in [-0.3, -0.25) is 0 Å². The highest BCUT2D eigenvalue weighted by molar-refractivity contribution is 5.50. The summed E-state index contributed by atoms with van der Waals surface area (Å²) >= 11 is 0. The van der Waals surface area contributed by atoms with Crippen LogP contribution < -0.4 is 4.74 Å². The van der Waals surface area contributed by atoms with Gasteiger partial charge in [-0.15, -0.1) is 0 Å². The fraction of sp³-hybridized carbons (Fsp3) is 0.375. The third-order valence-electron chi connectivity index (χ3n) is 5.66. The predicted molar refractivity (Wildman–Crippen MR) is 114 cm³/mol. The van der Waals surface area contributed by atoms with Crippen LogP contribution in [0.5, 0.6) is 5.75 Å². The van der Waals surface area contributed by atoms with E-state index in [1.54, 1.807) is 37.2 Å². The Bertz CT molecular complexity index is 1010. The Kier molecular flexibility index (Phi) is 6.65. The second-order valence-electron chi connectivity index (χ2n) is 7.50. The van der Waals surface area contributed by atoms with Crippen molar-refractivity contribution in [1.29, 1.82) is 0 Å². The molecule has 2 heterocycles. The maximum atomic E-state index is 15.0. The second kappa shape index (κ2) is 9.60. The molecule has 4 rings (SSSR count). The van der Waals surface area contributed by atoms with E-state index in [4.69, 9.17) is 18.9 Å². The molecule has 0 radical (unpaired) electrons. The van der Waals surface area contributed by atoms with E-state index in [0.717, 1.165) is 17.8 Å². The standard InChI is InChI=1S/C24H27FN2O4/c1-16-26-10-11-27(16)20-14-19(25)18(13-22(20)29-3)15-31-24-21(28-2)9-12-30-23(24)17-7-5-4-6-8-17/h4-8,10-11,13-14,21,23-24H,9,12,15H2,1-3H3. The lowest BCUT2D eigenvalue weighted by Gasteiger charge is -2.37. The maximum Gasteiger partial charge on any atom is 0.143 e. The molecule has 1 fully saturated rings. The van der Waals surface area contributed by atoms with E-state index < -0.39 is 0 Å². The van der Waals surface area contributed by atoms with Gasteiger partial charge in [-0.25, -0.2) is 9.37 Å². The van der Waals surface area contributed by atoms with E-state index in [2.05, 4.69) is 4.98 Å². The third-order valence-corrected chi connectivity index (χ3v) is 5.66. The van der Waals surface area contributed by atoms with Gasteiger partial charge < -0.3 is 23.5 Å². The van der Waals surface area contributed by atoms with Gasteiger partial charge in [-0.05, 0) is 25.0 Å². The summed E-state index contributed by atoms with van der Waals surface area (Å²) in [6, 6.07) is 13.0. The monoisotopic (exact) mass is 426 g/mol. The molecule has 1 aromatic heterocycles. The zero-order chi connectivity index (χ0) is 21.8. The van der Waals surface area contributed by atoms with Gasteiger partial charge in [0.25, 0.3) is 0 Å². The number of aryl methyl sites for hydroxylation is 1. The molecule has 3 aromatic rings. The minimum Gasteiger partial charge on any atom is -0.495 e. The first-order valence-electron chi connectivity index (χ1n) is 10.3. The van der Waals surface area contributed by atoms with Crippen molar-refractivity contribution in [2.45, 2.75) is 38.3 Å². The van der Waals surface area contributed by atoms with Crippen molar-refractivity contribution < 1.29 is 23.3 Å². The Morgan fingerprint density at radius 1 is 1.19 bits per heavy atom. The van der Waals surface area contributed by atoms with Crippen LogP contribution in [0.1, 0.15) is 29.5 Å². The van der Waals surface area contributed by atoms with Crippen LogP contribution in [0.2, 0.25) is 0 Å². The number of nitrogens with zero attached hydrogens (tertiary/aromatic N) is 2. The van der Waals surface area contributed by atoms with Gasteiger partial charge in [-0.1, -0.05) is 30.3 Å². The van der Waals surface area contributed by atoms with Crippen molar-refractivity contribution in [3.05, 3.63) is 77.6 Å². The largest absolute Gasteiger partial charge is 0.495 e. The molecular formula is C24H27FN2O4. The molecule has 1 saturated heterocycles. The molecule has 6 nitrogen and oxygen atoms in total. The summed E-state index contributed by atoms with van der Waals surface area (Å²) in [5.74, 6) is 0.921. The smallest absolute Gasteiger partial charge is 0.143 e. The highest BCUT2D eigenvalue weighted by Gasteiger charge is 2.36. The molecule has 3 unspecified atom stereocenters. The average molecular weight is 426 g/mol. The lowest BCUT2D eigenvalue weighted by Crippen LogP contribution is -2.42. The number of methoxy groups -OCH3 is 2. The van der Waals surface area contributed by atoms with Gasteiger partial charge >= 0.3 is 0 Å². The molecule has 0 N–H and O–H groups in total. The van der Waals surface area contributed by atoms with Crippen LogP contribution in [-0.2, 0) is 20.8 Å². The fourth-order valence-corrected chi connectivity index (χ4v) is 4.01. The van der Waals surface area contributed by atoms with Crippen molar-refractivity contribution in [3.63, 3.8) is 0 Å². The number of rotatable bonds is 7. The molecule has 0 aliphatic carbocycles. The van der Waals surface area contributed by atoms with Crippen LogP contribution in [0.3, 0.4) is 0 Å². The highest BCUT2D eigenvalue weighted by Crippen LogP contribution is 2.34. The Labute approximate surface area is 181 Å². The molecule has 0 amide bonds. The first kappa shape index (κ1) is 21.5. The van der Waals surface area contributed by atoms with Gasteiger partial charge in [0, 0.05) is 31.1 Å². The van der Waals surface area contributed by atoms with Crippen LogP contribution in [0, 0.1) is 12.7 Å². The van der Waals surface area contributed by atoms with E-state index in [0.29, 0.717) is 23.6 Å². The van der Waals surface area contributed by atoms with Gasteiger partial charge in [0.15, 0.2) is 0 Å². The highest BCUT2D eigenvalue weighted by atomic mass is 19.1. The Morgan fingerprint density at radius 3 is 2.68 bits per heavy atom. The van der Waals surface area contributed by atoms with Crippen molar-refractivity contribution in [2.24, 2.45) is 0 Å². The molecule has 1 aliphatic heterocycles. The van der Waals surface area contributed by atoms with E-state index in [9.17, 15) is 0 Å². The summed E-state index contributed by atoms with van der Waals surface area (Å²) in [4.78, 5) is 4.21. The summed E-state index contributed by atoms with van der Waals surface area (Å²) < 4.78 is 40.2. The van der Waals surface area contributed by atoms with Crippen molar-refractivity contribution >= 4 is 0 Å². The van der Waals surface area contributed by atoms with Gasteiger partial charge in [0.2, 0.25) is 0 Å². The molecule has 0 saturated carbocycles. The molecule has 2 aromatic carbocycles. The number of ether oxygens (including phenoxy) is 4. The Morgan fingerprint density at radius 2 is 2.00 bits per heavy atom. The second-order valence-corrected chi connectivity index (χ2v) is 7.50. The van der Waals surface area contributed by atoms with Crippen molar-refractivity contribution in [1.82, 2.24) is 9.55 Å². The van der Waals surface area contributed by atoms with Crippen molar-refractivity contribution in [3.8, 4) is 11.4 Å². The Balaban J connectivity index is 1.58. The quantitative estimate of drug-likeness (QED) is 0.561. The van der Waals surface area contributed by atoms with E-state index in [1.165, 1.54) is 6.07 Å². The zero-order valence-electron chi connectivity index (χ0n) is 18.0. The summed E-state index contributed by atoms with van der Waals surface area (Å²) in [7, 11) is 3.23. The summed E-state index contributed by atoms with van der Waals surface area (Å²) in [5, 5.41) is 0. The maximum absolute atomic E-state index is 15.0. The lowest BCUT2D eigenvalue weighted by atomic mass is 9.96. The molecule has 1 aliphatic rings. The molecular weight excluding hydrogens is 399 g/mol. The van der Waals surface area contributed by atoms with E-state index in [1.807, 2.05) is 37.3 Å². The van der Waals surface area contributed by atoms with Gasteiger partial charge in [-0.2, -0.15) is 0 Å². The van der Waals surface area contributed by atoms with Crippen LogP contribution in [-0.4, -0.2) is 42.6 Å². The zero-order valence-corrected chi connectivity index (χ0v) is 18.0. The number of halogens is 1. The summed E-state index contributed by atoms with van der Waals surface area (Å²) in [5.41, 5.74) is 2.01. The minimum atomic E-state index is -0.370. The number of benzene rings is 2. The predicted octanol–water partition coefficient (Wildman–Crippen LogP) is 4.39. The van der Waals surface area contributed by atoms with Gasteiger partial charge in [0.1, 0.15) is 29.6 Å². The molecule has 164 valence electrons. The summed E-state index contributed by atoms with van der Waals surface area (Å²) in [6.07, 6.45) is 3.38. The molecule has 3 atom stereocenters. The lowest BCUT2D eigenvalue weighted by molar-refractivity contribution is -0.175. The minimum absolute atomic E-state index is 0.0720. The molecule has 0 spiro atoms. The topological polar surface area (TPSA) is 54.7 Å². The fourth-order valence-electron chi connectivity index (χ4n) is 4.01. The number of imidazole rings is 1. The molecule has 7 heteroatoms. The first-order valence-corrected chi connectivity index (χ1v) is 10.3. The SMILES string of the molecule is COc1cc(COC2C(OC)CCOC2c2ccccc2)c(F)cc1-n1ccnc1C. The van der Waals surface area contributed by atoms with Crippen LogP contribution >= 0.6 is 0 Å². The molecule has 31 heavy (non-hydrogen) atoms. The normalized spacial score (nSPS) is 21.2. The van der Waals surface area contributed by atoms with E-state index in [-0.39, 0.29) is 30.7 Å². The van der Waals surface area contributed by atoms with E-state index >= 15 is 4.39 Å². The first-order chi connectivity index (χ1) is 15.1. The Hall–Kier alpha value is -2.74. The van der Waals surface area contributed by atoms with Crippen LogP contribution in [0.4, 0.5) is 4.39 Å².